The molecule has 0 bridgehead atoms. The number of halogens is 5. The SMILES string of the molecule is NCC1(c2cc(Cl)ccc2OC(F)F)CC1(F)F. The molecule has 0 spiro atoms. The summed E-state index contributed by atoms with van der Waals surface area (Å²) in [5.41, 5.74) is 3.64. The van der Waals surface area contributed by atoms with E-state index in [4.69, 9.17) is 17.3 Å². The molecule has 0 saturated heterocycles. The second kappa shape index (κ2) is 4.28. The minimum atomic E-state index is -3.09. The predicted molar refractivity (Wildman–Crippen MR) is 58.4 cm³/mol. The molecular weight excluding hydrogens is 274 g/mol. The summed E-state index contributed by atoms with van der Waals surface area (Å²) in [6.45, 7) is -3.45. The second-order valence-corrected chi connectivity index (χ2v) is 4.62. The van der Waals surface area contributed by atoms with Crippen molar-refractivity contribution in [1.29, 1.82) is 0 Å². The molecule has 1 saturated carbocycles. The van der Waals surface area contributed by atoms with Gasteiger partial charge in [-0.2, -0.15) is 8.78 Å². The minimum Gasteiger partial charge on any atom is -0.435 e. The van der Waals surface area contributed by atoms with Crippen molar-refractivity contribution >= 4 is 11.6 Å². The van der Waals surface area contributed by atoms with E-state index in [1.54, 1.807) is 0 Å². The van der Waals surface area contributed by atoms with Crippen LogP contribution in [0.3, 0.4) is 0 Å². The third kappa shape index (κ3) is 2.03. The van der Waals surface area contributed by atoms with Crippen molar-refractivity contribution in [2.75, 3.05) is 6.54 Å². The summed E-state index contributed by atoms with van der Waals surface area (Å²) in [5, 5.41) is 0.169. The number of alkyl halides is 4. The maximum Gasteiger partial charge on any atom is 0.387 e. The van der Waals surface area contributed by atoms with Gasteiger partial charge in [0.25, 0.3) is 5.92 Å². The number of ether oxygens (including phenoxy) is 1. The van der Waals surface area contributed by atoms with E-state index in [-0.39, 0.29) is 22.9 Å². The molecule has 0 aromatic heterocycles. The zero-order valence-electron chi connectivity index (χ0n) is 9.10. The van der Waals surface area contributed by atoms with E-state index in [9.17, 15) is 17.6 Å². The maximum atomic E-state index is 13.4. The standard InChI is InChI=1S/C11H10ClF4NO/c12-6-1-2-8(18-9(13)14)7(3-6)10(5-17)4-11(10,15)16/h1-3,9H,4-5,17H2. The fourth-order valence-corrected chi connectivity index (χ4v) is 2.21. The van der Waals surface area contributed by atoms with Crippen molar-refractivity contribution in [2.24, 2.45) is 5.73 Å². The lowest BCUT2D eigenvalue weighted by atomic mass is 9.94. The fourth-order valence-electron chi connectivity index (χ4n) is 2.03. The molecule has 2 N–H and O–H groups in total. The van der Waals surface area contributed by atoms with Crippen LogP contribution in [0.2, 0.25) is 5.02 Å². The summed E-state index contributed by atoms with van der Waals surface area (Å²) in [6.07, 6.45) is -0.490. The zero-order chi connectivity index (χ0) is 13.6. The van der Waals surface area contributed by atoms with Crippen LogP contribution in [0.25, 0.3) is 0 Å². The Balaban J connectivity index is 2.46. The third-order valence-corrected chi connectivity index (χ3v) is 3.36. The molecule has 0 aliphatic heterocycles. The zero-order valence-corrected chi connectivity index (χ0v) is 9.85. The van der Waals surface area contributed by atoms with Crippen molar-refractivity contribution < 1.29 is 22.3 Å². The van der Waals surface area contributed by atoms with Gasteiger partial charge >= 0.3 is 6.61 Å². The Kier molecular flexibility index (Phi) is 3.19. The van der Waals surface area contributed by atoms with Crippen molar-refractivity contribution in [3.63, 3.8) is 0 Å². The van der Waals surface area contributed by atoms with Gasteiger partial charge in [0.2, 0.25) is 0 Å². The van der Waals surface area contributed by atoms with Crippen LogP contribution >= 0.6 is 11.6 Å². The summed E-state index contributed by atoms with van der Waals surface area (Å²) < 4.78 is 55.5. The van der Waals surface area contributed by atoms with E-state index in [1.807, 2.05) is 0 Å². The Morgan fingerprint density at radius 3 is 2.44 bits per heavy atom. The van der Waals surface area contributed by atoms with E-state index in [2.05, 4.69) is 4.74 Å². The molecule has 7 heteroatoms. The third-order valence-electron chi connectivity index (χ3n) is 3.12. The van der Waals surface area contributed by atoms with E-state index in [0.717, 1.165) is 6.07 Å². The average molecular weight is 284 g/mol. The van der Waals surface area contributed by atoms with E-state index in [1.165, 1.54) is 12.1 Å². The van der Waals surface area contributed by atoms with Gasteiger partial charge in [0.05, 0.1) is 5.41 Å². The highest BCUT2D eigenvalue weighted by molar-refractivity contribution is 6.30. The number of hydrogen-bond acceptors (Lipinski definition) is 2. The number of nitrogens with two attached hydrogens (primary N) is 1. The number of hydrogen-bond donors (Lipinski definition) is 1. The van der Waals surface area contributed by atoms with Gasteiger partial charge in [-0.15, -0.1) is 0 Å². The van der Waals surface area contributed by atoms with Crippen LogP contribution in [-0.2, 0) is 5.41 Å². The van der Waals surface area contributed by atoms with Crippen LogP contribution < -0.4 is 10.5 Å². The van der Waals surface area contributed by atoms with Crippen LogP contribution in [0.4, 0.5) is 17.6 Å². The molecule has 1 aliphatic carbocycles. The fraction of sp³-hybridized carbons (Fsp3) is 0.455. The average Bonchev–Trinajstić information content (AvgIpc) is 2.84. The van der Waals surface area contributed by atoms with E-state index in [0.29, 0.717) is 0 Å². The quantitative estimate of drug-likeness (QED) is 0.862. The molecule has 1 aromatic carbocycles. The molecule has 1 atom stereocenters. The topological polar surface area (TPSA) is 35.2 Å². The van der Waals surface area contributed by atoms with Crippen LogP contribution in [0.15, 0.2) is 18.2 Å². The predicted octanol–water partition coefficient (Wildman–Crippen LogP) is 3.18. The Hall–Kier alpha value is -1.01. The first kappa shape index (κ1) is 13.4. The van der Waals surface area contributed by atoms with Gasteiger partial charge in [0.15, 0.2) is 0 Å². The molecule has 0 radical (unpaired) electrons. The van der Waals surface area contributed by atoms with Crippen LogP contribution in [0.1, 0.15) is 12.0 Å². The smallest absolute Gasteiger partial charge is 0.387 e. The van der Waals surface area contributed by atoms with Crippen LogP contribution in [0, 0.1) is 0 Å². The Morgan fingerprint density at radius 1 is 1.39 bits per heavy atom. The molecule has 100 valence electrons. The van der Waals surface area contributed by atoms with Gasteiger partial charge in [-0.05, 0) is 18.2 Å². The first-order valence-corrected chi connectivity index (χ1v) is 5.53. The van der Waals surface area contributed by atoms with Crippen molar-refractivity contribution in [3.05, 3.63) is 28.8 Å². The van der Waals surface area contributed by atoms with Crippen LogP contribution in [0.5, 0.6) is 5.75 Å². The van der Waals surface area contributed by atoms with Gasteiger partial charge in [-0.25, -0.2) is 8.78 Å². The lowest BCUT2D eigenvalue weighted by Gasteiger charge is -2.19. The molecule has 1 aliphatic rings. The van der Waals surface area contributed by atoms with Gasteiger partial charge in [-0.3, -0.25) is 0 Å². The Morgan fingerprint density at radius 2 is 2.00 bits per heavy atom. The Bertz CT molecular complexity index is 468. The van der Waals surface area contributed by atoms with Crippen molar-refractivity contribution in [3.8, 4) is 5.75 Å². The van der Waals surface area contributed by atoms with Crippen molar-refractivity contribution in [2.45, 2.75) is 24.4 Å². The van der Waals surface area contributed by atoms with Crippen LogP contribution in [-0.4, -0.2) is 19.1 Å². The highest BCUT2D eigenvalue weighted by Gasteiger charge is 2.72. The number of benzene rings is 1. The first-order valence-electron chi connectivity index (χ1n) is 5.15. The maximum absolute atomic E-state index is 13.4. The first-order chi connectivity index (χ1) is 8.32. The number of rotatable bonds is 4. The summed E-state index contributed by atoms with van der Waals surface area (Å²) in [6, 6.07) is 3.65. The van der Waals surface area contributed by atoms with Gasteiger partial charge in [-0.1, -0.05) is 11.6 Å². The summed E-state index contributed by atoms with van der Waals surface area (Å²) in [7, 11) is 0. The lowest BCUT2D eigenvalue weighted by Crippen LogP contribution is -2.27. The van der Waals surface area contributed by atoms with Gasteiger partial charge in [0, 0.05) is 23.6 Å². The molecule has 2 nitrogen and oxygen atoms in total. The largest absolute Gasteiger partial charge is 0.435 e. The highest BCUT2D eigenvalue weighted by atomic mass is 35.5. The summed E-state index contributed by atoms with van der Waals surface area (Å²) >= 11 is 5.71. The van der Waals surface area contributed by atoms with Crippen molar-refractivity contribution in [1.82, 2.24) is 0 Å². The summed E-state index contributed by atoms with van der Waals surface area (Å²) in [4.78, 5) is 0. The lowest BCUT2D eigenvalue weighted by molar-refractivity contribution is -0.0512. The molecule has 1 aromatic rings. The summed E-state index contributed by atoms with van der Waals surface area (Å²) in [5.74, 6) is -3.33. The van der Waals surface area contributed by atoms with E-state index < -0.39 is 24.4 Å². The molecule has 2 rings (SSSR count). The van der Waals surface area contributed by atoms with Gasteiger partial charge < -0.3 is 10.5 Å². The molecular formula is C11H10ClF4NO. The van der Waals surface area contributed by atoms with E-state index >= 15 is 0 Å². The second-order valence-electron chi connectivity index (χ2n) is 4.19. The molecule has 0 amide bonds. The Labute approximate surface area is 106 Å². The molecule has 0 heterocycles. The molecule has 18 heavy (non-hydrogen) atoms. The highest BCUT2D eigenvalue weighted by Crippen LogP contribution is 2.62. The molecule has 1 fully saturated rings. The minimum absolute atomic E-state index is 0.0669. The normalized spacial score (nSPS) is 25.3. The van der Waals surface area contributed by atoms with Gasteiger partial charge in [0.1, 0.15) is 5.75 Å². The monoisotopic (exact) mass is 283 g/mol. The molecule has 1 unspecified atom stereocenters.